The molecule has 0 bridgehead atoms. The molecule has 0 aliphatic heterocycles. The fourth-order valence-electron chi connectivity index (χ4n) is 2.78. The van der Waals surface area contributed by atoms with Crippen LogP contribution in [-0.4, -0.2) is 9.55 Å². The van der Waals surface area contributed by atoms with Crippen molar-refractivity contribution < 1.29 is 0 Å². The van der Waals surface area contributed by atoms with Gasteiger partial charge in [-0.15, -0.1) is 0 Å². The minimum absolute atomic E-state index is 0.0162. The van der Waals surface area contributed by atoms with E-state index in [4.69, 9.17) is 23.2 Å². The van der Waals surface area contributed by atoms with Gasteiger partial charge in [0.05, 0.1) is 6.33 Å². The Labute approximate surface area is 122 Å². The van der Waals surface area contributed by atoms with Crippen LogP contribution in [0.3, 0.4) is 0 Å². The van der Waals surface area contributed by atoms with Gasteiger partial charge in [0.1, 0.15) is 0 Å². The first-order chi connectivity index (χ1) is 9.20. The Kier molecular flexibility index (Phi) is 3.38. The molecule has 3 rings (SSSR count). The monoisotopic (exact) mass is 292 g/mol. The molecule has 0 saturated carbocycles. The molecule has 1 heterocycles. The third-order valence-electron chi connectivity index (χ3n) is 3.73. The molecule has 1 aromatic heterocycles. The molecule has 0 saturated heterocycles. The predicted molar refractivity (Wildman–Crippen MR) is 78.7 cm³/mol. The summed E-state index contributed by atoms with van der Waals surface area (Å²) in [6, 6.07) is 5.79. The second-order valence-corrected chi connectivity index (χ2v) is 5.86. The summed E-state index contributed by atoms with van der Waals surface area (Å²) < 4.78 is 2.11. The summed E-state index contributed by atoms with van der Waals surface area (Å²) in [6.07, 6.45) is 12.1. The van der Waals surface area contributed by atoms with Crippen molar-refractivity contribution in [3.05, 3.63) is 64.7 Å². The van der Waals surface area contributed by atoms with Gasteiger partial charge in [0, 0.05) is 34.4 Å². The average Bonchev–Trinajstić information content (AvgIpc) is 3.02. The quantitative estimate of drug-likeness (QED) is 0.763. The average molecular weight is 293 g/mol. The number of hydrogen-bond acceptors (Lipinski definition) is 1. The second kappa shape index (κ2) is 5.03. The van der Waals surface area contributed by atoms with Crippen LogP contribution in [0.25, 0.3) is 0 Å². The van der Waals surface area contributed by atoms with E-state index in [1.807, 2.05) is 24.7 Å². The van der Waals surface area contributed by atoms with E-state index in [9.17, 15) is 0 Å². The molecule has 0 unspecified atom stereocenters. The number of allylic oxidation sites excluding steroid dienone is 2. The fraction of sp³-hybridized carbons (Fsp3) is 0.267. The molecule has 0 radical (unpaired) electrons. The van der Waals surface area contributed by atoms with Crippen molar-refractivity contribution in [3.63, 3.8) is 0 Å². The molecule has 0 fully saturated rings. The lowest BCUT2D eigenvalue weighted by Gasteiger charge is -2.31. The predicted octanol–water partition coefficient (Wildman–Crippen LogP) is 4.48. The molecule has 1 aliphatic carbocycles. The highest BCUT2D eigenvalue weighted by atomic mass is 35.5. The van der Waals surface area contributed by atoms with Crippen LogP contribution in [0.4, 0.5) is 0 Å². The highest BCUT2D eigenvalue weighted by Crippen LogP contribution is 2.42. The molecule has 4 heteroatoms. The van der Waals surface area contributed by atoms with Crippen molar-refractivity contribution in [3.8, 4) is 0 Å². The summed E-state index contributed by atoms with van der Waals surface area (Å²) in [5, 5.41) is 1.42. The van der Waals surface area contributed by atoms with E-state index in [1.54, 1.807) is 6.20 Å². The van der Waals surface area contributed by atoms with E-state index in [0.29, 0.717) is 5.02 Å². The zero-order valence-electron chi connectivity index (χ0n) is 10.4. The van der Waals surface area contributed by atoms with E-state index in [0.717, 1.165) is 30.0 Å². The van der Waals surface area contributed by atoms with Crippen LogP contribution >= 0.6 is 23.2 Å². The van der Waals surface area contributed by atoms with Crippen LogP contribution in [0, 0.1) is 0 Å². The van der Waals surface area contributed by atoms with Crippen molar-refractivity contribution >= 4 is 23.2 Å². The second-order valence-electron chi connectivity index (χ2n) is 5.02. The summed E-state index contributed by atoms with van der Waals surface area (Å²) in [5.74, 6) is 0. The number of aromatic nitrogens is 2. The zero-order chi connectivity index (χ0) is 13.3. The van der Waals surface area contributed by atoms with Gasteiger partial charge in [-0.2, -0.15) is 0 Å². The maximum Gasteiger partial charge on any atom is 0.0946 e. The van der Waals surface area contributed by atoms with E-state index in [-0.39, 0.29) is 5.41 Å². The lowest BCUT2D eigenvalue weighted by Crippen LogP contribution is -2.28. The minimum Gasteiger partial charge on any atom is -0.337 e. The maximum atomic E-state index is 6.40. The Morgan fingerprint density at radius 3 is 2.63 bits per heavy atom. The molecule has 98 valence electrons. The highest BCUT2D eigenvalue weighted by Gasteiger charge is 2.35. The van der Waals surface area contributed by atoms with Gasteiger partial charge in [-0.1, -0.05) is 41.4 Å². The van der Waals surface area contributed by atoms with Gasteiger partial charge in [-0.3, -0.25) is 0 Å². The van der Waals surface area contributed by atoms with Crippen molar-refractivity contribution in [2.45, 2.75) is 24.8 Å². The van der Waals surface area contributed by atoms with Gasteiger partial charge in [0.15, 0.2) is 0 Å². The summed E-state index contributed by atoms with van der Waals surface area (Å²) in [4.78, 5) is 4.11. The molecule has 0 spiro atoms. The number of nitrogens with zero attached hydrogens (tertiary/aromatic N) is 2. The Morgan fingerprint density at radius 2 is 2.00 bits per heavy atom. The Bertz CT molecular complexity index is 595. The zero-order valence-corrected chi connectivity index (χ0v) is 11.9. The number of imidazole rings is 1. The summed E-state index contributed by atoms with van der Waals surface area (Å²) in [7, 11) is 0. The summed E-state index contributed by atoms with van der Waals surface area (Å²) >= 11 is 12.4. The molecule has 0 N–H and O–H groups in total. The van der Waals surface area contributed by atoms with E-state index in [1.165, 1.54) is 0 Å². The molecule has 0 amide bonds. The largest absolute Gasteiger partial charge is 0.337 e. The molecular formula is C15H14Cl2N2. The first-order valence-electron chi connectivity index (χ1n) is 6.26. The highest BCUT2D eigenvalue weighted by molar-refractivity contribution is 6.35. The number of benzene rings is 1. The first-order valence-corrected chi connectivity index (χ1v) is 7.01. The van der Waals surface area contributed by atoms with Crippen molar-refractivity contribution in [1.82, 2.24) is 9.55 Å². The fourth-order valence-corrected chi connectivity index (χ4v) is 3.39. The smallest absolute Gasteiger partial charge is 0.0946 e. The van der Waals surface area contributed by atoms with Crippen molar-refractivity contribution in [2.75, 3.05) is 0 Å². The summed E-state index contributed by atoms with van der Waals surface area (Å²) in [6.45, 7) is 0.876. The van der Waals surface area contributed by atoms with Crippen LogP contribution < -0.4 is 0 Å². The van der Waals surface area contributed by atoms with E-state index < -0.39 is 0 Å². The van der Waals surface area contributed by atoms with E-state index >= 15 is 0 Å². The van der Waals surface area contributed by atoms with Gasteiger partial charge < -0.3 is 4.57 Å². The standard InChI is InChI=1S/C15H14Cl2N2/c16-12-3-4-13(14(17)9-12)15(5-1-2-6-15)10-19-8-7-18-11-19/h1-4,7-9,11H,5-6,10H2. The molecule has 2 nitrogen and oxygen atoms in total. The maximum absolute atomic E-state index is 6.40. The van der Waals surface area contributed by atoms with Gasteiger partial charge >= 0.3 is 0 Å². The Morgan fingerprint density at radius 1 is 1.21 bits per heavy atom. The minimum atomic E-state index is 0.0162. The van der Waals surface area contributed by atoms with E-state index in [2.05, 4.69) is 27.8 Å². The molecule has 19 heavy (non-hydrogen) atoms. The van der Waals surface area contributed by atoms with Gasteiger partial charge in [-0.25, -0.2) is 4.98 Å². The van der Waals surface area contributed by atoms with Gasteiger partial charge in [0.2, 0.25) is 0 Å². The number of hydrogen-bond donors (Lipinski definition) is 0. The van der Waals surface area contributed by atoms with Crippen LogP contribution in [0.2, 0.25) is 10.0 Å². The molecule has 0 atom stereocenters. The van der Waals surface area contributed by atoms with Crippen LogP contribution in [0.5, 0.6) is 0 Å². The lowest BCUT2D eigenvalue weighted by molar-refractivity contribution is 0.384. The number of halogens is 2. The SMILES string of the molecule is Clc1ccc(C2(Cn3ccnc3)CC=CC2)c(Cl)c1. The van der Waals surface area contributed by atoms with Crippen LogP contribution in [-0.2, 0) is 12.0 Å². The van der Waals surface area contributed by atoms with Gasteiger partial charge in [-0.05, 0) is 30.5 Å². The van der Waals surface area contributed by atoms with Crippen molar-refractivity contribution in [2.24, 2.45) is 0 Å². The van der Waals surface area contributed by atoms with Gasteiger partial charge in [0.25, 0.3) is 0 Å². The normalized spacial score (nSPS) is 16.9. The third-order valence-corrected chi connectivity index (χ3v) is 4.28. The van der Waals surface area contributed by atoms with Crippen LogP contribution in [0.1, 0.15) is 18.4 Å². The molecule has 1 aromatic carbocycles. The topological polar surface area (TPSA) is 17.8 Å². The molecular weight excluding hydrogens is 279 g/mol. The summed E-state index contributed by atoms with van der Waals surface area (Å²) in [5.41, 5.74) is 1.18. The Balaban J connectivity index is 2.00. The van der Waals surface area contributed by atoms with Crippen molar-refractivity contribution in [1.29, 1.82) is 0 Å². The third kappa shape index (κ3) is 2.43. The first kappa shape index (κ1) is 12.8. The lowest BCUT2D eigenvalue weighted by atomic mass is 9.78. The Hall–Kier alpha value is -1.25. The molecule has 1 aliphatic rings. The number of rotatable bonds is 3. The van der Waals surface area contributed by atoms with Crippen LogP contribution in [0.15, 0.2) is 49.1 Å². The molecule has 2 aromatic rings.